The molecule has 0 fully saturated rings. The molecule has 1 rings (SSSR count). The number of rotatable bonds is 2. The first-order valence-electron chi connectivity index (χ1n) is 4.29. The van der Waals surface area contributed by atoms with Gasteiger partial charge in [0, 0.05) is 31.4 Å². The predicted octanol–water partition coefficient (Wildman–Crippen LogP) is 1.85. The van der Waals surface area contributed by atoms with Crippen molar-refractivity contribution in [3.63, 3.8) is 0 Å². The molecule has 0 atom stereocenters. The van der Waals surface area contributed by atoms with Gasteiger partial charge in [-0.3, -0.25) is 4.99 Å². The van der Waals surface area contributed by atoms with E-state index in [0.717, 1.165) is 19.5 Å². The van der Waals surface area contributed by atoms with Crippen LogP contribution in [0.3, 0.4) is 0 Å². The molecular formula is C10H16N2. The summed E-state index contributed by atoms with van der Waals surface area (Å²) in [5.74, 6) is 0. The largest absolute Gasteiger partial charge is 0.302 e. The SMILES string of the molecule is C=CC1=C(N=CC)CCN(C)C1. The fourth-order valence-electron chi connectivity index (χ4n) is 1.40. The Balaban J connectivity index is 2.83. The van der Waals surface area contributed by atoms with Crippen LogP contribution >= 0.6 is 0 Å². The zero-order chi connectivity index (χ0) is 8.97. The summed E-state index contributed by atoms with van der Waals surface area (Å²) in [6, 6.07) is 0. The van der Waals surface area contributed by atoms with Crippen LogP contribution in [0.1, 0.15) is 13.3 Å². The van der Waals surface area contributed by atoms with Crippen LogP contribution in [0, 0.1) is 0 Å². The highest BCUT2D eigenvalue weighted by Gasteiger charge is 2.12. The van der Waals surface area contributed by atoms with Gasteiger partial charge in [-0.2, -0.15) is 0 Å². The number of aliphatic imine (C=N–C) groups is 1. The molecule has 0 saturated carbocycles. The first kappa shape index (κ1) is 9.20. The number of hydrogen-bond donors (Lipinski definition) is 0. The lowest BCUT2D eigenvalue weighted by atomic mass is 10.1. The normalized spacial score (nSPS) is 20.5. The molecule has 0 amide bonds. The molecule has 1 aliphatic rings. The Morgan fingerprint density at radius 3 is 2.92 bits per heavy atom. The molecule has 0 saturated heterocycles. The summed E-state index contributed by atoms with van der Waals surface area (Å²) in [6.07, 6.45) is 4.81. The van der Waals surface area contributed by atoms with Crippen LogP contribution < -0.4 is 0 Å². The summed E-state index contributed by atoms with van der Waals surface area (Å²) >= 11 is 0. The maximum absolute atomic E-state index is 4.33. The molecule has 0 aromatic rings. The number of nitrogens with zero attached hydrogens (tertiary/aromatic N) is 2. The minimum absolute atomic E-state index is 0.982. The maximum Gasteiger partial charge on any atom is 0.0457 e. The fourth-order valence-corrected chi connectivity index (χ4v) is 1.40. The van der Waals surface area contributed by atoms with E-state index in [4.69, 9.17) is 0 Å². The highest BCUT2D eigenvalue weighted by Crippen LogP contribution is 2.18. The zero-order valence-corrected chi connectivity index (χ0v) is 7.88. The van der Waals surface area contributed by atoms with Gasteiger partial charge in [-0.05, 0) is 19.5 Å². The minimum Gasteiger partial charge on any atom is -0.302 e. The molecule has 0 unspecified atom stereocenters. The van der Waals surface area contributed by atoms with E-state index in [0.29, 0.717) is 0 Å². The molecule has 0 spiro atoms. The van der Waals surface area contributed by atoms with E-state index in [-0.39, 0.29) is 0 Å². The van der Waals surface area contributed by atoms with Gasteiger partial charge in [0.05, 0.1) is 0 Å². The van der Waals surface area contributed by atoms with E-state index in [1.165, 1.54) is 11.3 Å². The highest BCUT2D eigenvalue weighted by atomic mass is 15.1. The summed E-state index contributed by atoms with van der Waals surface area (Å²) in [6.45, 7) is 7.83. The Morgan fingerprint density at radius 2 is 2.33 bits per heavy atom. The van der Waals surface area contributed by atoms with Crippen molar-refractivity contribution >= 4 is 6.21 Å². The van der Waals surface area contributed by atoms with Gasteiger partial charge in [0.2, 0.25) is 0 Å². The van der Waals surface area contributed by atoms with Crippen molar-refractivity contribution in [1.82, 2.24) is 4.90 Å². The van der Waals surface area contributed by atoms with E-state index < -0.39 is 0 Å². The molecule has 0 aromatic heterocycles. The van der Waals surface area contributed by atoms with Crippen molar-refractivity contribution < 1.29 is 0 Å². The fraction of sp³-hybridized carbons (Fsp3) is 0.500. The molecule has 0 N–H and O–H groups in total. The van der Waals surface area contributed by atoms with Gasteiger partial charge in [-0.1, -0.05) is 12.7 Å². The molecule has 2 heteroatoms. The second-order valence-corrected chi connectivity index (χ2v) is 3.05. The molecule has 2 nitrogen and oxygen atoms in total. The van der Waals surface area contributed by atoms with Crippen LogP contribution in [-0.4, -0.2) is 31.3 Å². The van der Waals surface area contributed by atoms with E-state index in [2.05, 4.69) is 23.5 Å². The summed E-state index contributed by atoms with van der Waals surface area (Å²) < 4.78 is 0. The number of hydrogen-bond acceptors (Lipinski definition) is 2. The third-order valence-electron chi connectivity index (χ3n) is 2.07. The molecule has 0 radical (unpaired) electrons. The van der Waals surface area contributed by atoms with Crippen LogP contribution in [-0.2, 0) is 0 Å². The number of likely N-dealkylation sites (N-methyl/N-ethyl adjacent to an activating group) is 1. The second kappa shape index (κ2) is 4.21. The van der Waals surface area contributed by atoms with Crippen molar-refractivity contribution in [3.8, 4) is 0 Å². The van der Waals surface area contributed by atoms with Gasteiger partial charge < -0.3 is 4.90 Å². The Labute approximate surface area is 74.3 Å². The Kier molecular flexibility index (Phi) is 3.23. The lowest BCUT2D eigenvalue weighted by Gasteiger charge is -2.24. The van der Waals surface area contributed by atoms with E-state index >= 15 is 0 Å². The van der Waals surface area contributed by atoms with E-state index in [9.17, 15) is 0 Å². The third kappa shape index (κ3) is 2.05. The Bertz CT molecular complexity index is 226. The first-order chi connectivity index (χ1) is 5.77. The minimum atomic E-state index is 0.982. The molecule has 12 heavy (non-hydrogen) atoms. The Morgan fingerprint density at radius 1 is 1.58 bits per heavy atom. The summed E-state index contributed by atoms with van der Waals surface area (Å²) in [5, 5.41) is 0. The molecule has 0 bridgehead atoms. The standard InChI is InChI=1S/C10H16N2/c1-4-9-8-12(3)7-6-10(9)11-5-2/h4-5H,1,6-8H2,2-3H3. The van der Waals surface area contributed by atoms with Crippen molar-refractivity contribution in [1.29, 1.82) is 0 Å². The molecular weight excluding hydrogens is 148 g/mol. The molecule has 0 aromatic carbocycles. The van der Waals surface area contributed by atoms with Gasteiger partial charge in [0.1, 0.15) is 0 Å². The van der Waals surface area contributed by atoms with Crippen LogP contribution in [0.5, 0.6) is 0 Å². The summed E-state index contributed by atoms with van der Waals surface area (Å²) in [5.41, 5.74) is 2.47. The topological polar surface area (TPSA) is 15.6 Å². The third-order valence-corrected chi connectivity index (χ3v) is 2.07. The summed E-state index contributed by atoms with van der Waals surface area (Å²) in [4.78, 5) is 6.61. The van der Waals surface area contributed by atoms with Gasteiger partial charge in [-0.15, -0.1) is 0 Å². The quantitative estimate of drug-likeness (QED) is 0.569. The lowest BCUT2D eigenvalue weighted by molar-refractivity contribution is 0.351. The highest BCUT2D eigenvalue weighted by molar-refractivity contribution is 5.56. The van der Waals surface area contributed by atoms with Crippen LogP contribution in [0.25, 0.3) is 0 Å². The predicted molar refractivity (Wildman–Crippen MR) is 53.5 cm³/mol. The summed E-state index contributed by atoms with van der Waals surface area (Å²) in [7, 11) is 2.12. The van der Waals surface area contributed by atoms with Crippen LogP contribution in [0.15, 0.2) is 28.9 Å². The zero-order valence-electron chi connectivity index (χ0n) is 7.88. The smallest absolute Gasteiger partial charge is 0.0457 e. The molecule has 0 aliphatic carbocycles. The monoisotopic (exact) mass is 164 g/mol. The van der Waals surface area contributed by atoms with Gasteiger partial charge in [0.25, 0.3) is 0 Å². The van der Waals surface area contributed by atoms with Crippen molar-refractivity contribution in [2.24, 2.45) is 4.99 Å². The van der Waals surface area contributed by atoms with Crippen molar-refractivity contribution in [2.75, 3.05) is 20.1 Å². The van der Waals surface area contributed by atoms with Crippen LogP contribution in [0.2, 0.25) is 0 Å². The lowest BCUT2D eigenvalue weighted by Crippen LogP contribution is -2.26. The van der Waals surface area contributed by atoms with Gasteiger partial charge in [0.15, 0.2) is 0 Å². The van der Waals surface area contributed by atoms with Crippen molar-refractivity contribution in [2.45, 2.75) is 13.3 Å². The van der Waals surface area contributed by atoms with Crippen molar-refractivity contribution in [3.05, 3.63) is 23.9 Å². The molecule has 1 heterocycles. The molecule has 66 valence electrons. The van der Waals surface area contributed by atoms with Crippen LogP contribution in [0.4, 0.5) is 0 Å². The molecule has 1 aliphatic heterocycles. The van der Waals surface area contributed by atoms with Gasteiger partial charge in [-0.25, -0.2) is 0 Å². The Hall–Kier alpha value is -0.890. The first-order valence-corrected chi connectivity index (χ1v) is 4.29. The maximum atomic E-state index is 4.33. The average Bonchev–Trinajstić information content (AvgIpc) is 2.08. The van der Waals surface area contributed by atoms with E-state index in [1.807, 2.05) is 19.2 Å². The second-order valence-electron chi connectivity index (χ2n) is 3.05. The average molecular weight is 164 g/mol. The van der Waals surface area contributed by atoms with Gasteiger partial charge >= 0.3 is 0 Å². The van der Waals surface area contributed by atoms with E-state index in [1.54, 1.807) is 0 Å².